The smallest absolute Gasteiger partial charge is 1.00 e. The fourth-order valence-corrected chi connectivity index (χ4v) is 0. The molecule has 0 radical (unpaired) electrons. The molecule has 0 aromatic carbocycles. The molecule has 0 spiro atoms. The van der Waals surface area contributed by atoms with E-state index >= 15 is 0 Å². The van der Waals surface area contributed by atoms with Gasteiger partial charge in [0.2, 0.25) is 0 Å². The molecule has 0 saturated carbocycles. The van der Waals surface area contributed by atoms with Crippen molar-refractivity contribution in [3.8, 4) is 0 Å². The molecule has 0 bridgehead atoms. The Morgan fingerprint density at radius 2 is 1.33 bits per heavy atom. The van der Waals surface area contributed by atoms with Crippen molar-refractivity contribution in [3.63, 3.8) is 0 Å². The Labute approximate surface area is 66.3 Å². The maximum Gasteiger partial charge on any atom is 1.00 e. The van der Waals surface area contributed by atoms with Gasteiger partial charge in [0.1, 0.15) is 0 Å². The quantitative estimate of drug-likeness (QED) is 0.260. The minimum absolute atomic E-state index is 0. The minimum atomic E-state index is -2.61. The van der Waals surface area contributed by atoms with Gasteiger partial charge in [-0.1, -0.05) is 0 Å². The van der Waals surface area contributed by atoms with E-state index in [0.29, 0.717) is 0 Å². The van der Waals surface area contributed by atoms with Crippen LogP contribution >= 0.6 is 0 Å². The molecule has 0 amide bonds. The molecule has 6 heteroatoms. The summed E-state index contributed by atoms with van der Waals surface area (Å²) in [5.74, 6) is 0. The number of halogens is 1. The van der Waals surface area contributed by atoms with Crippen molar-refractivity contribution >= 4 is 11.4 Å². The van der Waals surface area contributed by atoms with E-state index in [1.54, 1.807) is 0 Å². The third kappa shape index (κ3) is 55.1. The van der Waals surface area contributed by atoms with Gasteiger partial charge in [-0.05, 0) is 0 Å². The molecule has 0 aromatic rings. The summed E-state index contributed by atoms with van der Waals surface area (Å²) in [6.45, 7) is 0. The van der Waals surface area contributed by atoms with Gasteiger partial charge in [-0.25, -0.2) is 0 Å². The number of hydrogen-bond donors (Lipinski definition) is 2. The van der Waals surface area contributed by atoms with Gasteiger partial charge in [0.25, 0.3) is 11.4 Å². The maximum absolute atomic E-state index is 8.67. The Morgan fingerprint density at radius 3 is 1.33 bits per heavy atom. The number of hydrogen-bond acceptors (Lipinski definition) is 1. The Morgan fingerprint density at radius 1 is 1.33 bits per heavy atom. The molecule has 2 N–H and O–H groups in total. The van der Waals surface area contributed by atoms with Crippen molar-refractivity contribution in [2.24, 2.45) is 0 Å². The summed E-state index contributed by atoms with van der Waals surface area (Å²) in [4.78, 5) is 0. The third-order valence-electron chi connectivity index (χ3n) is 0. The molecule has 6 heavy (non-hydrogen) atoms. The monoisotopic (exact) mass is 140 g/mol. The zero-order valence-electron chi connectivity index (χ0n) is 3.09. The predicted molar refractivity (Wildman–Crippen MR) is 13.4 cm³/mol. The molecule has 0 aliphatic rings. The molecule has 0 saturated heterocycles. The zero-order chi connectivity index (χ0) is 3.58. The molecule has 0 fully saturated rings. The second kappa shape index (κ2) is 9.61. The Balaban J connectivity index is -0.0000000450. The molecular formula is H2ClNaO3S. The van der Waals surface area contributed by atoms with E-state index in [0.717, 1.165) is 0 Å². The van der Waals surface area contributed by atoms with Crippen LogP contribution in [0.15, 0.2) is 0 Å². The number of rotatable bonds is 0. The van der Waals surface area contributed by atoms with Crippen molar-refractivity contribution < 1.29 is 55.3 Å². The topological polar surface area (TPSA) is 57.5 Å². The van der Waals surface area contributed by atoms with Gasteiger partial charge in [0, 0.05) is 0 Å². The predicted octanol–water partition coefficient (Wildman–Crippen LogP) is -6.31. The van der Waals surface area contributed by atoms with E-state index in [1.807, 2.05) is 0 Å². The zero-order valence-corrected chi connectivity index (χ0v) is 6.66. The molecule has 0 atom stereocenters. The largest absolute Gasteiger partial charge is 1.00 e. The summed E-state index contributed by atoms with van der Waals surface area (Å²) in [7, 11) is 0. The molecular weight excluding hydrogens is 139 g/mol. The molecule has 3 nitrogen and oxygen atoms in total. The van der Waals surface area contributed by atoms with Crippen LogP contribution in [0.3, 0.4) is 0 Å². The second-order valence-corrected chi connectivity index (χ2v) is 0.692. The fourth-order valence-electron chi connectivity index (χ4n) is 0. The molecule has 0 rings (SSSR count). The van der Waals surface area contributed by atoms with E-state index in [1.165, 1.54) is 0 Å². The van der Waals surface area contributed by atoms with E-state index in [4.69, 9.17) is 13.3 Å². The van der Waals surface area contributed by atoms with Crippen LogP contribution in [0.5, 0.6) is 0 Å². The van der Waals surface area contributed by atoms with Crippen LogP contribution in [-0.2, 0) is 11.4 Å². The average molecular weight is 141 g/mol. The average Bonchev–Trinajstić information content (AvgIpc) is 0.811. The van der Waals surface area contributed by atoms with Crippen molar-refractivity contribution in [2.45, 2.75) is 0 Å². The third-order valence-corrected chi connectivity index (χ3v) is 0. The summed E-state index contributed by atoms with van der Waals surface area (Å²) in [5.41, 5.74) is 0. The van der Waals surface area contributed by atoms with Crippen LogP contribution in [-0.4, -0.2) is 13.3 Å². The normalized spacial score (nSPS) is 5.83. The second-order valence-electron chi connectivity index (χ2n) is 0.231. The molecule has 34 valence electrons. The van der Waals surface area contributed by atoms with Gasteiger partial charge in [-0.2, -0.15) is 4.21 Å². The van der Waals surface area contributed by atoms with Crippen LogP contribution in [0.1, 0.15) is 0 Å². The maximum atomic E-state index is 8.67. The summed E-state index contributed by atoms with van der Waals surface area (Å²) in [6, 6.07) is 0. The minimum Gasteiger partial charge on any atom is -1.00 e. The van der Waals surface area contributed by atoms with Crippen LogP contribution in [0.4, 0.5) is 0 Å². The Hall–Kier alpha value is 1.36. The first-order valence-electron chi connectivity index (χ1n) is 0.532. The first kappa shape index (κ1) is 15.7. The van der Waals surface area contributed by atoms with Gasteiger partial charge >= 0.3 is 29.6 Å². The van der Waals surface area contributed by atoms with Gasteiger partial charge in [0.05, 0.1) is 0 Å². The summed E-state index contributed by atoms with van der Waals surface area (Å²) < 4.78 is 22.8. The molecule has 0 aliphatic carbocycles. The van der Waals surface area contributed by atoms with Crippen molar-refractivity contribution in [1.82, 2.24) is 0 Å². The first-order chi connectivity index (χ1) is 1.73. The summed E-state index contributed by atoms with van der Waals surface area (Å²) in [5, 5.41) is 0. The standard InChI is InChI=1S/ClH.Na.H2O3S/c;;1-4(2)3/h1H;;(H2,1,2,3)/q;+1;/p-1. The van der Waals surface area contributed by atoms with Crippen LogP contribution < -0.4 is 42.0 Å². The van der Waals surface area contributed by atoms with Crippen molar-refractivity contribution in [1.29, 1.82) is 0 Å². The SMILES string of the molecule is O=S(O)O.[Cl-].[Na+]. The van der Waals surface area contributed by atoms with Crippen molar-refractivity contribution in [2.75, 3.05) is 0 Å². The van der Waals surface area contributed by atoms with E-state index in [9.17, 15) is 0 Å². The molecule has 0 heterocycles. The Kier molecular flexibility index (Phi) is 25.1. The molecule has 0 unspecified atom stereocenters. The van der Waals surface area contributed by atoms with Crippen LogP contribution in [0.25, 0.3) is 0 Å². The van der Waals surface area contributed by atoms with Gasteiger partial charge < -0.3 is 12.4 Å². The van der Waals surface area contributed by atoms with Crippen LogP contribution in [0.2, 0.25) is 0 Å². The molecule has 0 aliphatic heterocycles. The van der Waals surface area contributed by atoms with E-state index in [2.05, 4.69) is 0 Å². The summed E-state index contributed by atoms with van der Waals surface area (Å²) >= 11 is -2.61. The van der Waals surface area contributed by atoms with Gasteiger partial charge in [0.15, 0.2) is 0 Å². The summed E-state index contributed by atoms with van der Waals surface area (Å²) in [6.07, 6.45) is 0. The Bertz CT molecular complexity index is 33.8. The van der Waals surface area contributed by atoms with Gasteiger partial charge in [-0.15, -0.1) is 0 Å². The van der Waals surface area contributed by atoms with Crippen LogP contribution in [0, 0.1) is 0 Å². The van der Waals surface area contributed by atoms with Gasteiger partial charge in [-0.3, -0.25) is 9.11 Å². The fraction of sp³-hybridized carbons (Fsp3) is 0. The molecule has 0 aromatic heterocycles. The first-order valence-corrected chi connectivity index (χ1v) is 1.60. The van der Waals surface area contributed by atoms with E-state index in [-0.39, 0.29) is 42.0 Å². The van der Waals surface area contributed by atoms with E-state index < -0.39 is 11.4 Å². The van der Waals surface area contributed by atoms with Crippen molar-refractivity contribution in [3.05, 3.63) is 0 Å².